The van der Waals surface area contributed by atoms with Gasteiger partial charge in [0.05, 0.1) is 0 Å². The van der Waals surface area contributed by atoms with Crippen LogP contribution in [0.2, 0.25) is 0 Å². The van der Waals surface area contributed by atoms with Gasteiger partial charge in [-0.05, 0) is 19.8 Å². The average molecular weight is 228 g/mol. The van der Waals surface area contributed by atoms with Gasteiger partial charge >= 0.3 is 11.8 Å². The molecule has 16 heavy (non-hydrogen) atoms. The van der Waals surface area contributed by atoms with Crippen LogP contribution in [-0.2, 0) is 9.59 Å². The van der Waals surface area contributed by atoms with Gasteiger partial charge in [0.2, 0.25) is 0 Å². The highest BCUT2D eigenvalue weighted by Gasteiger charge is 2.13. The van der Waals surface area contributed by atoms with Gasteiger partial charge < -0.3 is 10.6 Å². The van der Waals surface area contributed by atoms with Crippen LogP contribution in [0, 0.1) is 0 Å². The van der Waals surface area contributed by atoms with Crippen LogP contribution in [-0.4, -0.2) is 24.4 Å². The van der Waals surface area contributed by atoms with Crippen LogP contribution in [0.25, 0.3) is 0 Å². The molecular formula is C12H24N2O2. The fourth-order valence-corrected chi connectivity index (χ4v) is 1.23. The van der Waals surface area contributed by atoms with E-state index in [1.54, 1.807) is 0 Å². The first kappa shape index (κ1) is 14.9. The normalized spacial score (nSPS) is 11.9. The Balaban J connectivity index is 3.59. The number of hydrogen-bond donors (Lipinski definition) is 2. The van der Waals surface area contributed by atoms with E-state index in [1.165, 1.54) is 12.8 Å². The molecule has 0 aliphatic carbocycles. The van der Waals surface area contributed by atoms with E-state index in [0.717, 1.165) is 19.3 Å². The molecule has 0 aromatic rings. The molecule has 0 saturated carbocycles. The third kappa shape index (κ3) is 7.26. The second-order valence-corrected chi connectivity index (χ2v) is 4.10. The lowest BCUT2D eigenvalue weighted by atomic mass is 10.2. The lowest BCUT2D eigenvalue weighted by molar-refractivity contribution is -0.139. The lowest BCUT2D eigenvalue weighted by Gasteiger charge is -2.10. The molecule has 0 aromatic heterocycles. The van der Waals surface area contributed by atoms with E-state index in [-0.39, 0.29) is 6.04 Å². The molecule has 0 unspecified atom stereocenters. The first-order chi connectivity index (χ1) is 7.61. The Kier molecular flexibility index (Phi) is 8.58. The average Bonchev–Trinajstić information content (AvgIpc) is 2.28. The molecule has 0 radical (unpaired) electrons. The Morgan fingerprint density at radius 2 is 1.75 bits per heavy atom. The minimum Gasteiger partial charge on any atom is -0.348 e. The molecule has 0 rings (SSSR count). The smallest absolute Gasteiger partial charge is 0.309 e. The standard InChI is InChI=1S/C12H24N2O2/c1-4-6-7-8-9-13-11(15)12(16)14-10(3)5-2/h10H,4-9H2,1-3H3,(H,13,15)(H,14,16)/t10-/m1/s1. The van der Waals surface area contributed by atoms with Crippen LogP contribution in [0.3, 0.4) is 0 Å². The molecule has 1 atom stereocenters. The van der Waals surface area contributed by atoms with Crippen molar-refractivity contribution in [2.45, 2.75) is 58.9 Å². The van der Waals surface area contributed by atoms with Gasteiger partial charge in [0, 0.05) is 12.6 Å². The van der Waals surface area contributed by atoms with Crippen molar-refractivity contribution in [3.63, 3.8) is 0 Å². The summed E-state index contributed by atoms with van der Waals surface area (Å²) in [6, 6.07) is 0.0540. The summed E-state index contributed by atoms with van der Waals surface area (Å²) >= 11 is 0. The summed E-state index contributed by atoms with van der Waals surface area (Å²) in [4.78, 5) is 22.6. The Morgan fingerprint density at radius 1 is 1.06 bits per heavy atom. The molecule has 0 aliphatic heterocycles. The van der Waals surface area contributed by atoms with Gasteiger partial charge in [0.1, 0.15) is 0 Å². The van der Waals surface area contributed by atoms with Gasteiger partial charge in [-0.3, -0.25) is 9.59 Å². The fraction of sp³-hybridized carbons (Fsp3) is 0.833. The van der Waals surface area contributed by atoms with Crippen LogP contribution < -0.4 is 10.6 Å². The van der Waals surface area contributed by atoms with E-state index in [1.807, 2.05) is 13.8 Å². The van der Waals surface area contributed by atoms with Gasteiger partial charge in [-0.2, -0.15) is 0 Å². The lowest BCUT2D eigenvalue weighted by Crippen LogP contribution is -2.43. The van der Waals surface area contributed by atoms with Gasteiger partial charge in [0.25, 0.3) is 0 Å². The first-order valence-electron chi connectivity index (χ1n) is 6.20. The van der Waals surface area contributed by atoms with Crippen LogP contribution in [0.15, 0.2) is 0 Å². The molecule has 2 N–H and O–H groups in total. The third-order valence-corrected chi connectivity index (χ3v) is 2.51. The molecule has 2 amide bonds. The Morgan fingerprint density at radius 3 is 2.31 bits per heavy atom. The van der Waals surface area contributed by atoms with Gasteiger partial charge in [-0.15, -0.1) is 0 Å². The number of nitrogens with one attached hydrogen (secondary N) is 2. The predicted octanol–water partition coefficient (Wildman–Crippen LogP) is 1.60. The van der Waals surface area contributed by atoms with Crippen LogP contribution in [0.1, 0.15) is 52.9 Å². The maximum Gasteiger partial charge on any atom is 0.309 e. The zero-order chi connectivity index (χ0) is 12.4. The first-order valence-corrected chi connectivity index (χ1v) is 6.20. The summed E-state index contributed by atoms with van der Waals surface area (Å²) in [7, 11) is 0. The Hall–Kier alpha value is -1.06. The number of carbonyl (C=O) groups excluding carboxylic acids is 2. The number of rotatable bonds is 7. The maximum atomic E-state index is 11.3. The van der Waals surface area contributed by atoms with Crippen molar-refractivity contribution in [2.24, 2.45) is 0 Å². The zero-order valence-electron chi connectivity index (χ0n) is 10.6. The van der Waals surface area contributed by atoms with Crippen LogP contribution in [0.4, 0.5) is 0 Å². The Labute approximate surface area is 98.2 Å². The number of unbranched alkanes of at least 4 members (excludes halogenated alkanes) is 3. The van der Waals surface area contributed by atoms with Crippen LogP contribution >= 0.6 is 0 Å². The molecule has 0 aliphatic rings. The SMILES string of the molecule is CCCCCCNC(=O)C(=O)N[C@H](C)CC. The summed E-state index contributed by atoms with van der Waals surface area (Å²) in [6.45, 7) is 6.57. The van der Waals surface area contributed by atoms with E-state index in [4.69, 9.17) is 0 Å². The predicted molar refractivity (Wildman–Crippen MR) is 65.0 cm³/mol. The van der Waals surface area contributed by atoms with Crippen LogP contribution in [0.5, 0.6) is 0 Å². The molecule has 0 heterocycles. The van der Waals surface area contributed by atoms with Crippen molar-refractivity contribution in [1.82, 2.24) is 10.6 Å². The van der Waals surface area contributed by atoms with Gasteiger partial charge in [0.15, 0.2) is 0 Å². The monoisotopic (exact) mass is 228 g/mol. The van der Waals surface area contributed by atoms with E-state index >= 15 is 0 Å². The number of amides is 2. The van der Waals surface area contributed by atoms with Gasteiger partial charge in [-0.25, -0.2) is 0 Å². The third-order valence-electron chi connectivity index (χ3n) is 2.51. The maximum absolute atomic E-state index is 11.3. The van der Waals surface area contributed by atoms with Crippen molar-refractivity contribution in [3.05, 3.63) is 0 Å². The summed E-state index contributed by atoms with van der Waals surface area (Å²) in [5.74, 6) is -1.04. The molecule has 0 fully saturated rings. The molecule has 4 nitrogen and oxygen atoms in total. The minimum absolute atomic E-state index is 0.0540. The van der Waals surface area contributed by atoms with Gasteiger partial charge in [-0.1, -0.05) is 33.1 Å². The number of hydrogen-bond acceptors (Lipinski definition) is 2. The highest BCUT2D eigenvalue weighted by atomic mass is 16.2. The van der Waals surface area contributed by atoms with Crippen molar-refractivity contribution in [3.8, 4) is 0 Å². The molecule has 4 heteroatoms. The Bertz CT molecular complexity index is 217. The summed E-state index contributed by atoms with van der Waals surface area (Å²) in [5.41, 5.74) is 0. The highest BCUT2D eigenvalue weighted by Crippen LogP contribution is 1.96. The minimum atomic E-state index is -0.523. The fourth-order valence-electron chi connectivity index (χ4n) is 1.23. The van der Waals surface area contributed by atoms with Crippen molar-refractivity contribution >= 4 is 11.8 Å². The van der Waals surface area contributed by atoms with E-state index < -0.39 is 11.8 Å². The molecule has 0 aromatic carbocycles. The van der Waals surface area contributed by atoms with Crippen molar-refractivity contribution in [2.75, 3.05) is 6.54 Å². The molecule has 0 spiro atoms. The molecule has 94 valence electrons. The largest absolute Gasteiger partial charge is 0.348 e. The molecular weight excluding hydrogens is 204 g/mol. The quantitative estimate of drug-likeness (QED) is 0.513. The molecule has 0 saturated heterocycles. The van der Waals surface area contributed by atoms with Crippen molar-refractivity contribution in [1.29, 1.82) is 0 Å². The highest BCUT2D eigenvalue weighted by molar-refractivity contribution is 6.35. The zero-order valence-corrected chi connectivity index (χ0v) is 10.6. The number of carbonyl (C=O) groups is 2. The molecule has 0 bridgehead atoms. The summed E-state index contributed by atoms with van der Waals surface area (Å²) < 4.78 is 0. The second-order valence-electron chi connectivity index (χ2n) is 4.10. The van der Waals surface area contributed by atoms with E-state index in [0.29, 0.717) is 6.54 Å². The summed E-state index contributed by atoms with van der Waals surface area (Å²) in [6.07, 6.45) is 5.22. The van der Waals surface area contributed by atoms with Crippen molar-refractivity contribution < 1.29 is 9.59 Å². The summed E-state index contributed by atoms with van der Waals surface area (Å²) in [5, 5.41) is 5.25. The topological polar surface area (TPSA) is 58.2 Å². The van der Waals surface area contributed by atoms with E-state index in [9.17, 15) is 9.59 Å². The second kappa shape index (κ2) is 9.19. The van der Waals surface area contributed by atoms with E-state index in [2.05, 4.69) is 17.6 Å².